The fourth-order valence-electron chi connectivity index (χ4n) is 2.05. The first-order valence-electron chi connectivity index (χ1n) is 6.02. The highest BCUT2D eigenvalue weighted by Gasteiger charge is 2.26. The molecular weight excluding hydrogens is 230 g/mol. The van der Waals surface area contributed by atoms with Crippen molar-refractivity contribution in [2.75, 3.05) is 13.1 Å². The van der Waals surface area contributed by atoms with Crippen molar-refractivity contribution in [2.24, 2.45) is 11.7 Å². The number of hydrogen-bond donors (Lipinski definition) is 2. The lowest BCUT2D eigenvalue weighted by molar-refractivity contribution is 0.136. The molecule has 1 unspecified atom stereocenters. The van der Waals surface area contributed by atoms with Gasteiger partial charge in [0.15, 0.2) is 0 Å². The molecule has 1 heterocycles. The van der Waals surface area contributed by atoms with Crippen molar-refractivity contribution in [1.82, 2.24) is 4.90 Å². The Balaban J connectivity index is 1.95. The topological polar surface area (TPSA) is 79.4 Å². The van der Waals surface area contributed by atoms with E-state index in [1.807, 2.05) is 18.2 Å². The first-order valence-corrected chi connectivity index (χ1v) is 6.02. The summed E-state index contributed by atoms with van der Waals surface area (Å²) in [5, 5.41) is 7.44. The van der Waals surface area contributed by atoms with Crippen LogP contribution in [-0.2, 0) is 0 Å². The monoisotopic (exact) mass is 247 g/mol. The van der Waals surface area contributed by atoms with Gasteiger partial charge in [-0.05, 0) is 25.0 Å². The predicted molar refractivity (Wildman–Crippen MR) is 68.7 cm³/mol. The molecule has 1 amide bonds. The summed E-state index contributed by atoms with van der Waals surface area (Å²) in [7, 11) is 0. The second kappa shape index (κ2) is 5.53. The van der Waals surface area contributed by atoms with Crippen molar-refractivity contribution in [3.05, 3.63) is 30.3 Å². The summed E-state index contributed by atoms with van der Waals surface area (Å²) in [5.41, 5.74) is 5.49. The fourth-order valence-corrected chi connectivity index (χ4v) is 2.05. The lowest BCUT2D eigenvalue weighted by Gasteiger charge is -2.31. The Kier molecular flexibility index (Phi) is 3.82. The molecule has 0 saturated carbocycles. The number of nitrogens with zero attached hydrogens (tertiary/aromatic N) is 1. The molecule has 1 aliphatic rings. The molecule has 0 radical (unpaired) electrons. The third-order valence-corrected chi connectivity index (χ3v) is 3.07. The second-order valence-corrected chi connectivity index (χ2v) is 4.42. The summed E-state index contributed by atoms with van der Waals surface area (Å²) in [4.78, 5) is 13.5. The van der Waals surface area contributed by atoms with Crippen LogP contribution in [-0.4, -0.2) is 29.9 Å². The predicted octanol–water partition coefficient (Wildman–Crippen LogP) is 1.83. The summed E-state index contributed by atoms with van der Waals surface area (Å²) >= 11 is 0. The maximum absolute atomic E-state index is 11.9. The first-order chi connectivity index (χ1) is 8.66. The van der Waals surface area contributed by atoms with E-state index in [1.54, 1.807) is 17.0 Å². The van der Waals surface area contributed by atoms with Crippen molar-refractivity contribution >= 4 is 11.9 Å². The number of benzene rings is 1. The van der Waals surface area contributed by atoms with Crippen molar-refractivity contribution in [1.29, 1.82) is 5.41 Å². The molecule has 0 spiro atoms. The standard InChI is InChI=1S/C13H17N3O2/c14-12(15)10-5-4-8-16(9-10)13(17)18-11-6-2-1-3-7-11/h1-3,6-7,10H,4-5,8-9H2,(H3,14,15). The van der Waals surface area contributed by atoms with Crippen molar-refractivity contribution in [2.45, 2.75) is 12.8 Å². The summed E-state index contributed by atoms with van der Waals surface area (Å²) in [6.45, 7) is 1.14. The molecule has 0 aliphatic carbocycles. The third-order valence-electron chi connectivity index (χ3n) is 3.07. The summed E-state index contributed by atoms with van der Waals surface area (Å²) in [6, 6.07) is 8.98. The van der Waals surface area contributed by atoms with Crippen molar-refractivity contribution in [3.8, 4) is 5.75 Å². The van der Waals surface area contributed by atoms with Crippen LogP contribution < -0.4 is 10.5 Å². The van der Waals surface area contributed by atoms with Crippen LogP contribution in [0.4, 0.5) is 4.79 Å². The SMILES string of the molecule is N=C(N)C1CCCN(C(=O)Oc2ccccc2)C1. The van der Waals surface area contributed by atoms with Gasteiger partial charge in [-0.2, -0.15) is 0 Å². The normalized spacial score (nSPS) is 19.3. The number of rotatable bonds is 2. The zero-order valence-corrected chi connectivity index (χ0v) is 10.1. The molecule has 2 rings (SSSR count). The first kappa shape index (κ1) is 12.4. The molecule has 1 aliphatic heterocycles. The molecule has 0 bridgehead atoms. The van der Waals surface area contributed by atoms with Crippen LogP contribution in [0.25, 0.3) is 0 Å². The minimum absolute atomic E-state index is 0.0397. The maximum atomic E-state index is 11.9. The van der Waals surface area contributed by atoms with Crippen LogP contribution in [0.3, 0.4) is 0 Å². The van der Waals surface area contributed by atoms with Gasteiger partial charge in [-0.25, -0.2) is 4.79 Å². The van der Waals surface area contributed by atoms with Crippen LogP contribution in [0.2, 0.25) is 0 Å². The number of piperidine rings is 1. The smallest absolute Gasteiger partial charge is 0.410 e. The van der Waals surface area contributed by atoms with Gasteiger partial charge in [-0.15, -0.1) is 0 Å². The minimum Gasteiger partial charge on any atom is -0.410 e. The molecule has 1 atom stereocenters. The van der Waals surface area contributed by atoms with Gasteiger partial charge in [0.1, 0.15) is 5.75 Å². The number of para-hydroxylation sites is 1. The molecule has 1 aromatic rings. The van der Waals surface area contributed by atoms with E-state index in [0.29, 0.717) is 18.8 Å². The lowest BCUT2D eigenvalue weighted by atomic mass is 9.97. The van der Waals surface area contributed by atoms with Gasteiger partial charge >= 0.3 is 6.09 Å². The van der Waals surface area contributed by atoms with E-state index in [-0.39, 0.29) is 17.8 Å². The Hall–Kier alpha value is -2.04. The van der Waals surface area contributed by atoms with Crippen LogP contribution in [0, 0.1) is 11.3 Å². The number of amides is 1. The quantitative estimate of drug-likeness (QED) is 0.618. The van der Waals surface area contributed by atoms with E-state index in [4.69, 9.17) is 15.9 Å². The Labute approximate surface area is 106 Å². The van der Waals surface area contributed by atoms with Crippen LogP contribution >= 0.6 is 0 Å². The highest BCUT2D eigenvalue weighted by atomic mass is 16.6. The molecule has 96 valence electrons. The third kappa shape index (κ3) is 3.00. The highest BCUT2D eigenvalue weighted by Crippen LogP contribution is 2.18. The zero-order valence-electron chi connectivity index (χ0n) is 10.1. The summed E-state index contributed by atoms with van der Waals surface area (Å²) in [6.07, 6.45) is 1.35. The van der Waals surface area contributed by atoms with E-state index < -0.39 is 0 Å². The van der Waals surface area contributed by atoms with Gasteiger partial charge in [-0.1, -0.05) is 18.2 Å². The van der Waals surface area contributed by atoms with Gasteiger partial charge in [0.25, 0.3) is 0 Å². The zero-order chi connectivity index (χ0) is 13.0. The van der Waals surface area contributed by atoms with Gasteiger partial charge in [0, 0.05) is 19.0 Å². The molecule has 1 saturated heterocycles. The van der Waals surface area contributed by atoms with Crippen molar-refractivity contribution < 1.29 is 9.53 Å². The highest BCUT2D eigenvalue weighted by molar-refractivity contribution is 5.81. The maximum Gasteiger partial charge on any atom is 0.415 e. The molecule has 5 heteroatoms. The van der Waals surface area contributed by atoms with Crippen LogP contribution in [0.5, 0.6) is 5.75 Å². The number of nitrogens with one attached hydrogen (secondary N) is 1. The number of amidine groups is 1. The number of carbonyl (C=O) groups excluding carboxylic acids is 1. The average Bonchev–Trinajstić information content (AvgIpc) is 2.40. The van der Waals surface area contributed by atoms with E-state index in [0.717, 1.165) is 12.8 Å². The Morgan fingerprint density at radius 2 is 2.11 bits per heavy atom. The number of carbonyl (C=O) groups is 1. The number of nitrogens with two attached hydrogens (primary N) is 1. The molecular formula is C13H17N3O2. The van der Waals surface area contributed by atoms with E-state index in [1.165, 1.54) is 0 Å². The molecule has 1 fully saturated rings. The average molecular weight is 247 g/mol. The van der Waals surface area contributed by atoms with E-state index in [2.05, 4.69) is 0 Å². The number of likely N-dealkylation sites (tertiary alicyclic amines) is 1. The Bertz CT molecular complexity index is 433. The fraction of sp³-hybridized carbons (Fsp3) is 0.385. The molecule has 5 nitrogen and oxygen atoms in total. The van der Waals surface area contributed by atoms with E-state index in [9.17, 15) is 4.79 Å². The second-order valence-electron chi connectivity index (χ2n) is 4.42. The minimum atomic E-state index is -0.368. The number of ether oxygens (including phenoxy) is 1. The molecule has 1 aromatic carbocycles. The Morgan fingerprint density at radius 1 is 1.39 bits per heavy atom. The van der Waals surface area contributed by atoms with Crippen LogP contribution in [0.1, 0.15) is 12.8 Å². The lowest BCUT2D eigenvalue weighted by Crippen LogP contribution is -2.45. The number of hydrogen-bond acceptors (Lipinski definition) is 3. The molecule has 18 heavy (non-hydrogen) atoms. The summed E-state index contributed by atoms with van der Waals surface area (Å²) in [5.74, 6) is 0.640. The molecule has 3 N–H and O–H groups in total. The van der Waals surface area contributed by atoms with Crippen LogP contribution in [0.15, 0.2) is 30.3 Å². The van der Waals surface area contributed by atoms with Gasteiger partial charge in [0.05, 0.1) is 5.84 Å². The van der Waals surface area contributed by atoms with Gasteiger partial charge in [0.2, 0.25) is 0 Å². The molecule has 0 aromatic heterocycles. The van der Waals surface area contributed by atoms with Gasteiger partial charge in [-0.3, -0.25) is 5.41 Å². The summed E-state index contributed by atoms with van der Waals surface area (Å²) < 4.78 is 5.26. The Morgan fingerprint density at radius 3 is 2.78 bits per heavy atom. The largest absolute Gasteiger partial charge is 0.415 e. The van der Waals surface area contributed by atoms with Crippen molar-refractivity contribution in [3.63, 3.8) is 0 Å². The van der Waals surface area contributed by atoms with E-state index >= 15 is 0 Å². The van der Waals surface area contributed by atoms with Gasteiger partial charge < -0.3 is 15.4 Å².